The summed E-state index contributed by atoms with van der Waals surface area (Å²) in [4.78, 5) is 4.00. The molecule has 0 aliphatic rings. The van der Waals surface area contributed by atoms with E-state index in [9.17, 15) is 0 Å². The Balaban J connectivity index is 3.15. The van der Waals surface area contributed by atoms with Crippen LogP contribution >= 0.6 is 0 Å². The smallest absolute Gasteiger partial charge is 0.117 e. The molecule has 0 bridgehead atoms. The van der Waals surface area contributed by atoms with Gasteiger partial charge in [-0.15, -0.1) is 6.42 Å². The molecule has 1 rings (SSSR count). The first-order valence-electron chi connectivity index (χ1n) is 3.43. The molecule has 0 aliphatic heterocycles. The van der Waals surface area contributed by atoms with Gasteiger partial charge in [-0.25, -0.2) is 4.98 Å². The summed E-state index contributed by atoms with van der Waals surface area (Å²) >= 11 is 0. The summed E-state index contributed by atoms with van der Waals surface area (Å²) in [5, 5.41) is 0. The molecule has 1 atom stereocenters. The molecule has 0 saturated heterocycles. The molecule has 1 aromatic rings. The molecule has 0 aromatic carbocycles. The highest BCUT2D eigenvalue weighted by Gasteiger charge is 2.03. The highest BCUT2D eigenvalue weighted by Crippen LogP contribution is 2.11. The third kappa shape index (κ3) is 1.57. The van der Waals surface area contributed by atoms with Crippen molar-refractivity contribution in [3.8, 4) is 12.3 Å². The highest BCUT2D eigenvalue weighted by atomic mass is 14.7. The van der Waals surface area contributed by atoms with Crippen LogP contribution < -0.4 is 5.73 Å². The average Bonchev–Trinajstić information content (AvgIpc) is 2.04. The molecule has 0 saturated carbocycles. The Bertz CT molecular complexity index is 284. The zero-order chi connectivity index (χ0) is 8.27. The van der Waals surface area contributed by atoms with E-state index < -0.39 is 0 Å². The Kier molecular flexibility index (Phi) is 2.25. The van der Waals surface area contributed by atoms with E-state index in [1.807, 2.05) is 19.1 Å². The van der Waals surface area contributed by atoms with Crippen LogP contribution in [0, 0.1) is 12.3 Å². The van der Waals surface area contributed by atoms with E-state index in [0.29, 0.717) is 5.69 Å². The Hall–Kier alpha value is -1.33. The van der Waals surface area contributed by atoms with Crippen molar-refractivity contribution in [2.75, 3.05) is 0 Å². The standard InChI is InChI=1S/C9H10N2/c1-3-9-8(7(2)10)5-4-6-11-9/h1,4-7H,10H2,2H3/t7-/m0/s1. The molecule has 0 fully saturated rings. The van der Waals surface area contributed by atoms with Crippen LogP contribution in [-0.2, 0) is 0 Å². The summed E-state index contributed by atoms with van der Waals surface area (Å²) < 4.78 is 0. The van der Waals surface area contributed by atoms with Crippen LogP contribution in [0.2, 0.25) is 0 Å². The van der Waals surface area contributed by atoms with E-state index >= 15 is 0 Å². The quantitative estimate of drug-likeness (QED) is 0.602. The molecule has 1 aromatic heterocycles. The zero-order valence-corrected chi connectivity index (χ0v) is 6.41. The summed E-state index contributed by atoms with van der Waals surface area (Å²) in [5.74, 6) is 2.49. The average molecular weight is 146 g/mol. The fourth-order valence-electron chi connectivity index (χ4n) is 0.906. The van der Waals surface area contributed by atoms with Gasteiger partial charge >= 0.3 is 0 Å². The molecule has 2 nitrogen and oxygen atoms in total. The lowest BCUT2D eigenvalue weighted by atomic mass is 10.1. The lowest BCUT2D eigenvalue weighted by Crippen LogP contribution is -2.07. The topological polar surface area (TPSA) is 38.9 Å². The number of nitrogens with two attached hydrogens (primary N) is 1. The van der Waals surface area contributed by atoms with Crippen molar-refractivity contribution in [2.45, 2.75) is 13.0 Å². The molecule has 2 N–H and O–H groups in total. The third-order valence-corrected chi connectivity index (χ3v) is 1.47. The van der Waals surface area contributed by atoms with Crippen LogP contribution in [0.25, 0.3) is 0 Å². The second-order valence-corrected chi connectivity index (χ2v) is 2.37. The predicted octanol–water partition coefficient (Wildman–Crippen LogP) is 1.08. The molecule has 11 heavy (non-hydrogen) atoms. The van der Waals surface area contributed by atoms with Crippen LogP contribution in [0.3, 0.4) is 0 Å². The predicted molar refractivity (Wildman–Crippen MR) is 44.8 cm³/mol. The van der Waals surface area contributed by atoms with Gasteiger partial charge in [-0.2, -0.15) is 0 Å². The van der Waals surface area contributed by atoms with Gasteiger partial charge in [0.25, 0.3) is 0 Å². The highest BCUT2D eigenvalue weighted by molar-refractivity contribution is 5.34. The van der Waals surface area contributed by atoms with Gasteiger partial charge in [-0.1, -0.05) is 6.07 Å². The number of pyridine rings is 1. The van der Waals surface area contributed by atoms with Crippen molar-refractivity contribution < 1.29 is 0 Å². The number of hydrogen-bond acceptors (Lipinski definition) is 2. The van der Waals surface area contributed by atoms with Gasteiger partial charge in [-0.05, 0) is 18.9 Å². The van der Waals surface area contributed by atoms with Gasteiger partial charge < -0.3 is 5.73 Å². The third-order valence-electron chi connectivity index (χ3n) is 1.47. The van der Waals surface area contributed by atoms with Crippen LogP contribution in [-0.4, -0.2) is 4.98 Å². The summed E-state index contributed by atoms with van der Waals surface area (Å²) in [7, 11) is 0. The van der Waals surface area contributed by atoms with E-state index in [0.717, 1.165) is 5.56 Å². The van der Waals surface area contributed by atoms with E-state index in [-0.39, 0.29) is 6.04 Å². The van der Waals surface area contributed by atoms with Gasteiger partial charge in [0, 0.05) is 17.8 Å². The summed E-state index contributed by atoms with van der Waals surface area (Å²) in [6.45, 7) is 1.89. The lowest BCUT2D eigenvalue weighted by Gasteiger charge is -2.05. The first-order valence-corrected chi connectivity index (χ1v) is 3.43. The largest absolute Gasteiger partial charge is 0.324 e. The second-order valence-electron chi connectivity index (χ2n) is 2.37. The molecule has 0 spiro atoms. The van der Waals surface area contributed by atoms with Crippen molar-refractivity contribution in [1.29, 1.82) is 0 Å². The molecule has 56 valence electrons. The Morgan fingerprint density at radius 2 is 2.45 bits per heavy atom. The maximum Gasteiger partial charge on any atom is 0.117 e. The zero-order valence-electron chi connectivity index (χ0n) is 6.41. The molecular formula is C9H10N2. The van der Waals surface area contributed by atoms with Crippen molar-refractivity contribution in [3.05, 3.63) is 29.6 Å². The first-order chi connectivity index (χ1) is 5.25. The van der Waals surface area contributed by atoms with Gasteiger partial charge in [0.15, 0.2) is 0 Å². The maximum atomic E-state index is 5.65. The van der Waals surface area contributed by atoms with Crippen molar-refractivity contribution in [1.82, 2.24) is 4.98 Å². The fraction of sp³-hybridized carbons (Fsp3) is 0.222. The molecular weight excluding hydrogens is 136 g/mol. The van der Waals surface area contributed by atoms with E-state index in [1.54, 1.807) is 6.20 Å². The molecule has 0 amide bonds. The Morgan fingerprint density at radius 3 is 2.91 bits per heavy atom. The first kappa shape index (κ1) is 7.77. The lowest BCUT2D eigenvalue weighted by molar-refractivity contribution is 0.807. The number of rotatable bonds is 1. The van der Waals surface area contributed by atoms with E-state index in [4.69, 9.17) is 12.2 Å². The Morgan fingerprint density at radius 1 is 1.73 bits per heavy atom. The minimum absolute atomic E-state index is 0.0465. The van der Waals surface area contributed by atoms with Gasteiger partial charge in [0.2, 0.25) is 0 Å². The van der Waals surface area contributed by atoms with Crippen LogP contribution in [0.4, 0.5) is 0 Å². The summed E-state index contributed by atoms with van der Waals surface area (Å²) in [6, 6.07) is 3.68. The molecule has 0 aliphatic carbocycles. The van der Waals surface area contributed by atoms with Crippen molar-refractivity contribution in [3.63, 3.8) is 0 Å². The van der Waals surface area contributed by atoms with E-state index in [1.165, 1.54) is 0 Å². The number of aromatic nitrogens is 1. The number of nitrogens with zero attached hydrogens (tertiary/aromatic N) is 1. The molecule has 0 unspecified atom stereocenters. The van der Waals surface area contributed by atoms with Gasteiger partial charge in [0.05, 0.1) is 0 Å². The Labute approximate surface area is 66.4 Å². The van der Waals surface area contributed by atoms with Gasteiger partial charge in [-0.3, -0.25) is 0 Å². The number of terminal acetylenes is 1. The normalized spacial score (nSPS) is 12.1. The summed E-state index contributed by atoms with van der Waals surface area (Å²) in [5.41, 5.74) is 7.22. The van der Waals surface area contributed by atoms with Crippen LogP contribution in [0.1, 0.15) is 24.2 Å². The minimum Gasteiger partial charge on any atom is -0.324 e. The number of hydrogen-bond donors (Lipinski definition) is 1. The molecule has 0 radical (unpaired) electrons. The van der Waals surface area contributed by atoms with Crippen molar-refractivity contribution >= 4 is 0 Å². The SMILES string of the molecule is C#Cc1ncccc1[C@H](C)N. The van der Waals surface area contributed by atoms with Crippen LogP contribution in [0.5, 0.6) is 0 Å². The van der Waals surface area contributed by atoms with Gasteiger partial charge in [0.1, 0.15) is 5.69 Å². The summed E-state index contributed by atoms with van der Waals surface area (Å²) in [6.07, 6.45) is 6.89. The monoisotopic (exact) mass is 146 g/mol. The van der Waals surface area contributed by atoms with Crippen LogP contribution in [0.15, 0.2) is 18.3 Å². The maximum absolute atomic E-state index is 5.65. The van der Waals surface area contributed by atoms with Crippen molar-refractivity contribution in [2.24, 2.45) is 5.73 Å². The second kappa shape index (κ2) is 3.18. The van der Waals surface area contributed by atoms with E-state index in [2.05, 4.69) is 10.9 Å². The fourth-order valence-corrected chi connectivity index (χ4v) is 0.906. The molecule has 1 heterocycles. The molecule has 2 heteroatoms. The minimum atomic E-state index is -0.0465.